The van der Waals surface area contributed by atoms with Crippen LogP contribution in [0.2, 0.25) is 15.1 Å². The number of carbonyl (C=O) groups excluding carboxylic acids is 1. The van der Waals surface area contributed by atoms with Crippen molar-refractivity contribution in [3.8, 4) is 0 Å². The standard InChI is InChI=1S/C17H14Cl3N5O3/c18-11-2-1-10(12(19)7-11)8-24-9-13(20)16(23-24)22-15(26)4-6-25-14(17(27)28)3-5-21-25/h1-3,5,7,9H,4,6,8H2,(H,27,28)(H,22,23,26). The number of carbonyl (C=O) groups is 2. The zero-order valence-corrected chi connectivity index (χ0v) is 16.5. The van der Waals surface area contributed by atoms with Gasteiger partial charge in [-0.1, -0.05) is 40.9 Å². The zero-order valence-electron chi connectivity index (χ0n) is 14.3. The van der Waals surface area contributed by atoms with Gasteiger partial charge in [-0.15, -0.1) is 0 Å². The number of aryl methyl sites for hydroxylation is 1. The number of amides is 1. The molecule has 0 spiro atoms. The minimum atomic E-state index is -1.11. The van der Waals surface area contributed by atoms with Crippen LogP contribution < -0.4 is 5.32 Å². The first-order valence-electron chi connectivity index (χ1n) is 8.05. The van der Waals surface area contributed by atoms with E-state index >= 15 is 0 Å². The SMILES string of the molecule is O=C(CCn1nccc1C(=O)O)Nc1nn(Cc2ccc(Cl)cc2Cl)cc1Cl. The molecular formula is C17H14Cl3N5O3. The summed E-state index contributed by atoms with van der Waals surface area (Å²) >= 11 is 18.2. The van der Waals surface area contributed by atoms with Gasteiger partial charge in [0.15, 0.2) is 5.82 Å². The average Bonchev–Trinajstić information content (AvgIpc) is 3.22. The van der Waals surface area contributed by atoms with Gasteiger partial charge in [0.1, 0.15) is 10.7 Å². The number of aromatic nitrogens is 4. The summed E-state index contributed by atoms with van der Waals surface area (Å²) in [6.45, 7) is 0.458. The monoisotopic (exact) mass is 441 g/mol. The number of nitrogens with zero attached hydrogens (tertiary/aromatic N) is 4. The van der Waals surface area contributed by atoms with E-state index in [-0.39, 0.29) is 35.4 Å². The number of halogens is 3. The number of hydrogen-bond donors (Lipinski definition) is 2. The Morgan fingerprint density at radius 1 is 1.14 bits per heavy atom. The molecule has 146 valence electrons. The molecule has 0 aliphatic carbocycles. The lowest BCUT2D eigenvalue weighted by Gasteiger charge is -2.06. The Morgan fingerprint density at radius 2 is 1.93 bits per heavy atom. The van der Waals surface area contributed by atoms with Gasteiger partial charge in [0.05, 0.1) is 13.1 Å². The molecule has 3 aromatic rings. The normalized spacial score (nSPS) is 10.8. The highest BCUT2D eigenvalue weighted by atomic mass is 35.5. The van der Waals surface area contributed by atoms with Crippen molar-refractivity contribution in [1.29, 1.82) is 0 Å². The summed E-state index contributed by atoms with van der Waals surface area (Å²) in [4.78, 5) is 23.2. The highest BCUT2D eigenvalue weighted by molar-refractivity contribution is 6.35. The van der Waals surface area contributed by atoms with Crippen LogP contribution in [0, 0.1) is 0 Å². The van der Waals surface area contributed by atoms with Crippen molar-refractivity contribution in [2.75, 3.05) is 5.32 Å². The van der Waals surface area contributed by atoms with E-state index in [2.05, 4.69) is 15.5 Å². The third kappa shape index (κ3) is 4.83. The first-order chi connectivity index (χ1) is 13.3. The molecule has 0 saturated carbocycles. The van der Waals surface area contributed by atoms with Crippen LogP contribution in [0.1, 0.15) is 22.5 Å². The van der Waals surface area contributed by atoms with Crippen molar-refractivity contribution in [3.63, 3.8) is 0 Å². The molecule has 0 unspecified atom stereocenters. The van der Waals surface area contributed by atoms with Crippen LogP contribution >= 0.6 is 34.8 Å². The second-order valence-electron chi connectivity index (χ2n) is 5.80. The van der Waals surface area contributed by atoms with Gasteiger partial charge in [0, 0.05) is 28.9 Å². The van der Waals surface area contributed by atoms with Crippen molar-refractivity contribution in [1.82, 2.24) is 19.6 Å². The van der Waals surface area contributed by atoms with Gasteiger partial charge in [-0.3, -0.25) is 14.2 Å². The summed E-state index contributed by atoms with van der Waals surface area (Å²) in [5, 5.41) is 21.1. The Balaban J connectivity index is 1.62. The third-order valence-corrected chi connectivity index (χ3v) is 4.67. The second-order valence-corrected chi connectivity index (χ2v) is 7.05. The topological polar surface area (TPSA) is 102 Å². The smallest absolute Gasteiger partial charge is 0.354 e. The Kier molecular flexibility index (Phi) is 6.23. The molecule has 0 radical (unpaired) electrons. The number of carboxylic acids is 1. The lowest BCUT2D eigenvalue weighted by Crippen LogP contribution is -2.18. The zero-order chi connectivity index (χ0) is 20.3. The fourth-order valence-electron chi connectivity index (χ4n) is 2.48. The predicted molar refractivity (Wildman–Crippen MR) is 105 cm³/mol. The van der Waals surface area contributed by atoms with Crippen LogP contribution in [0.5, 0.6) is 0 Å². The fourth-order valence-corrected chi connectivity index (χ4v) is 3.15. The maximum atomic E-state index is 12.2. The molecule has 11 heteroatoms. The molecule has 28 heavy (non-hydrogen) atoms. The van der Waals surface area contributed by atoms with Crippen molar-refractivity contribution in [2.24, 2.45) is 0 Å². The molecule has 2 heterocycles. The van der Waals surface area contributed by atoms with E-state index in [1.54, 1.807) is 29.1 Å². The van der Waals surface area contributed by atoms with Crippen molar-refractivity contribution in [3.05, 3.63) is 63.0 Å². The number of nitrogens with one attached hydrogen (secondary N) is 1. The molecule has 3 rings (SSSR count). The number of carboxylic acid groups (broad SMARTS) is 1. The lowest BCUT2D eigenvalue weighted by molar-refractivity contribution is -0.116. The first-order valence-corrected chi connectivity index (χ1v) is 9.18. The van der Waals surface area contributed by atoms with Crippen LogP contribution in [-0.4, -0.2) is 36.5 Å². The maximum Gasteiger partial charge on any atom is 0.354 e. The Labute approximate surface area is 174 Å². The summed E-state index contributed by atoms with van der Waals surface area (Å²) in [7, 11) is 0. The van der Waals surface area contributed by atoms with E-state index in [1.807, 2.05) is 0 Å². The van der Waals surface area contributed by atoms with Crippen molar-refractivity contribution in [2.45, 2.75) is 19.5 Å². The number of hydrogen-bond acceptors (Lipinski definition) is 4. The number of aromatic carboxylic acids is 1. The van der Waals surface area contributed by atoms with Crippen LogP contribution in [-0.2, 0) is 17.9 Å². The molecule has 2 N–H and O–H groups in total. The van der Waals surface area contributed by atoms with E-state index in [0.29, 0.717) is 16.6 Å². The number of anilines is 1. The van der Waals surface area contributed by atoms with Gasteiger partial charge >= 0.3 is 5.97 Å². The third-order valence-electron chi connectivity index (χ3n) is 3.81. The first kappa shape index (κ1) is 20.2. The molecule has 0 atom stereocenters. The molecule has 0 aliphatic rings. The Hall–Kier alpha value is -2.55. The van der Waals surface area contributed by atoms with Crippen LogP contribution in [0.3, 0.4) is 0 Å². The summed E-state index contributed by atoms with van der Waals surface area (Å²) in [5.41, 5.74) is 0.804. The molecule has 0 aliphatic heterocycles. The summed E-state index contributed by atoms with van der Waals surface area (Å²) in [6.07, 6.45) is 2.94. The Morgan fingerprint density at radius 3 is 2.64 bits per heavy atom. The quantitative estimate of drug-likeness (QED) is 0.579. The molecule has 0 bridgehead atoms. The van der Waals surface area contributed by atoms with Gasteiger partial charge in [-0.25, -0.2) is 4.79 Å². The molecular weight excluding hydrogens is 429 g/mol. The summed E-state index contributed by atoms with van der Waals surface area (Å²) in [6, 6.07) is 6.49. The van der Waals surface area contributed by atoms with Gasteiger partial charge in [0.25, 0.3) is 0 Å². The van der Waals surface area contributed by atoms with Crippen LogP contribution in [0.15, 0.2) is 36.7 Å². The maximum absolute atomic E-state index is 12.2. The minimum Gasteiger partial charge on any atom is -0.477 e. The van der Waals surface area contributed by atoms with Gasteiger partial charge in [-0.2, -0.15) is 10.2 Å². The number of benzene rings is 1. The van der Waals surface area contributed by atoms with E-state index in [0.717, 1.165) is 5.56 Å². The highest BCUT2D eigenvalue weighted by Crippen LogP contribution is 2.24. The fraction of sp³-hybridized carbons (Fsp3) is 0.176. The van der Waals surface area contributed by atoms with E-state index < -0.39 is 5.97 Å². The number of rotatable bonds is 7. The molecule has 1 aromatic carbocycles. The second kappa shape index (κ2) is 8.64. The van der Waals surface area contributed by atoms with Gasteiger partial charge < -0.3 is 10.4 Å². The van der Waals surface area contributed by atoms with Crippen molar-refractivity contribution < 1.29 is 14.7 Å². The summed E-state index contributed by atoms with van der Waals surface area (Å²) in [5.74, 6) is -1.28. The largest absolute Gasteiger partial charge is 0.477 e. The predicted octanol–water partition coefficient (Wildman–Crippen LogP) is 3.82. The van der Waals surface area contributed by atoms with E-state index in [9.17, 15) is 9.59 Å². The summed E-state index contributed by atoms with van der Waals surface area (Å²) < 4.78 is 2.79. The van der Waals surface area contributed by atoms with Crippen LogP contribution in [0.25, 0.3) is 0 Å². The van der Waals surface area contributed by atoms with Crippen molar-refractivity contribution >= 4 is 52.5 Å². The molecule has 0 saturated heterocycles. The van der Waals surface area contributed by atoms with Crippen LogP contribution in [0.4, 0.5) is 5.82 Å². The van der Waals surface area contributed by atoms with E-state index in [4.69, 9.17) is 39.9 Å². The van der Waals surface area contributed by atoms with E-state index in [1.165, 1.54) is 16.9 Å². The Bertz CT molecular complexity index is 1030. The minimum absolute atomic E-state index is 0.00810. The lowest BCUT2D eigenvalue weighted by atomic mass is 10.2. The molecule has 1 amide bonds. The molecule has 0 fully saturated rings. The van der Waals surface area contributed by atoms with Gasteiger partial charge in [-0.05, 0) is 23.8 Å². The van der Waals surface area contributed by atoms with Gasteiger partial charge in [0.2, 0.25) is 5.91 Å². The highest BCUT2D eigenvalue weighted by Gasteiger charge is 2.14. The molecule has 8 nitrogen and oxygen atoms in total. The molecule has 2 aromatic heterocycles. The average molecular weight is 443 g/mol.